The topological polar surface area (TPSA) is 9.23 Å². The Balaban J connectivity index is 1.46. The SMILES string of the molecule is CCCc1ccc(-c2ccc(C3CCC(c4cc(F)c(OCF)c(F)c4)CC3)c(F)c2)c(F)c1. The zero-order chi connectivity index (χ0) is 24.2. The second-order valence-corrected chi connectivity index (χ2v) is 8.92. The Labute approximate surface area is 196 Å². The highest BCUT2D eigenvalue weighted by Crippen LogP contribution is 2.42. The highest BCUT2D eigenvalue weighted by molar-refractivity contribution is 5.65. The van der Waals surface area contributed by atoms with Gasteiger partial charge < -0.3 is 4.74 Å². The molecule has 6 heteroatoms. The third-order valence-electron chi connectivity index (χ3n) is 6.74. The van der Waals surface area contributed by atoms with Crippen LogP contribution in [0.25, 0.3) is 11.1 Å². The van der Waals surface area contributed by atoms with Crippen LogP contribution in [0.4, 0.5) is 22.0 Å². The Morgan fingerprint density at radius 1 is 0.765 bits per heavy atom. The van der Waals surface area contributed by atoms with Crippen molar-refractivity contribution in [3.8, 4) is 16.9 Å². The van der Waals surface area contributed by atoms with Crippen LogP contribution in [0.2, 0.25) is 0 Å². The fourth-order valence-electron chi connectivity index (χ4n) is 5.01. The Bertz CT molecular complexity index is 1130. The van der Waals surface area contributed by atoms with Gasteiger partial charge in [0.15, 0.2) is 17.4 Å². The number of rotatable bonds is 7. The van der Waals surface area contributed by atoms with Crippen molar-refractivity contribution in [1.82, 2.24) is 0 Å². The Morgan fingerprint density at radius 3 is 2.03 bits per heavy atom. The second-order valence-electron chi connectivity index (χ2n) is 8.92. The number of hydrogen-bond acceptors (Lipinski definition) is 1. The van der Waals surface area contributed by atoms with E-state index < -0.39 is 24.2 Å². The standard InChI is InChI=1S/C28H27F5O/c1-2-3-17-4-10-23(24(30)12-17)20-9-11-22(25(31)13-20)19-7-5-18(6-8-19)21-14-26(32)28(34-16-29)27(33)15-21/h4,9-15,18-19H,2-3,5-8,16H2,1H3. The monoisotopic (exact) mass is 474 g/mol. The molecule has 180 valence electrons. The number of aryl methyl sites for hydroxylation is 1. The van der Waals surface area contributed by atoms with Gasteiger partial charge in [0, 0.05) is 5.56 Å². The molecule has 0 N–H and O–H groups in total. The van der Waals surface area contributed by atoms with E-state index in [4.69, 9.17) is 0 Å². The molecule has 0 heterocycles. The number of alkyl halides is 1. The van der Waals surface area contributed by atoms with E-state index in [-0.39, 0.29) is 23.5 Å². The summed E-state index contributed by atoms with van der Waals surface area (Å²) in [6, 6.07) is 12.3. The second kappa shape index (κ2) is 10.6. The summed E-state index contributed by atoms with van der Waals surface area (Å²) in [6.45, 7) is 0.725. The molecular weight excluding hydrogens is 447 g/mol. The highest BCUT2D eigenvalue weighted by Gasteiger charge is 2.27. The molecule has 1 nitrogen and oxygen atoms in total. The summed E-state index contributed by atoms with van der Waals surface area (Å²) in [7, 11) is 0. The molecule has 0 amide bonds. The van der Waals surface area contributed by atoms with Crippen LogP contribution in [0.1, 0.15) is 67.6 Å². The summed E-state index contributed by atoms with van der Waals surface area (Å²) in [5.74, 6) is -3.39. The lowest BCUT2D eigenvalue weighted by atomic mass is 9.76. The third-order valence-corrected chi connectivity index (χ3v) is 6.74. The minimum atomic E-state index is -1.31. The molecule has 0 radical (unpaired) electrons. The largest absolute Gasteiger partial charge is 0.457 e. The quantitative estimate of drug-likeness (QED) is 0.312. The van der Waals surface area contributed by atoms with Crippen molar-refractivity contribution in [2.75, 3.05) is 6.86 Å². The lowest BCUT2D eigenvalue weighted by molar-refractivity contribution is 0.176. The van der Waals surface area contributed by atoms with Gasteiger partial charge in [-0.3, -0.25) is 0 Å². The molecule has 0 saturated heterocycles. The van der Waals surface area contributed by atoms with E-state index in [0.29, 0.717) is 47.9 Å². The number of ether oxygens (including phenoxy) is 1. The first kappa shape index (κ1) is 24.2. The maximum Gasteiger partial charge on any atom is 0.228 e. The van der Waals surface area contributed by atoms with Crippen molar-refractivity contribution in [2.24, 2.45) is 0 Å². The maximum atomic E-state index is 15.0. The van der Waals surface area contributed by atoms with Crippen molar-refractivity contribution in [3.63, 3.8) is 0 Å². The first-order valence-electron chi connectivity index (χ1n) is 11.7. The molecule has 0 aromatic heterocycles. The van der Waals surface area contributed by atoms with Crippen molar-refractivity contribution in [3.05, 3.63) is 88.5 Å². The van der Waals surface area contributed by atoms with Crippen LogP contribution in [-0.4, -0.2) is 6.86 Å². The van der Waals surface area contributed by atoms with Crippen LogP contribution >= 0.6 is 0 Å². The van der Waals surface area contributed by atoms with Crippen LogP contribution in [0.3, 0.4) is 0 Å². The maximum absolute atomic E-state index is 15.0. The fraction of sp³-hybridized carbons (Fsp3) is 0.357. The zero-order valence-electron chi connectivity index (χ0n) is 19.0. The lowest BCUT2D eigenvalue weighted by Crippen LogP contribution is -2.14. The van der Waals surface area contributed by atoms with Gasteiger partial charge >= 0.3 is 0 Å². The molecule has 1 aliphatic carbocycles. The van der Waals surface area contributed by atoms with Gasteiger partial charge in [-0.1, -0.05) is 37.6 Å². The number of halogens is 5. The van der Waals surface area contributed by atoms with E-state index in [1.807, 2.05) is 13.0 Å². The van der Waals surface area contributed by atoms with Crippen LogP contribution in [0, 0.1) is 23.3 Å². The normalized spacial score (nSPS) is 18.2. The van der Waals surface area contributed by atoms with E-state index in [2.05, 4.69) is 4.74 Å². The summed E-state index contributed by atoms with van der Waals surface area (Å²) in [5.41, 5.74) is 2.86. The smallest absolute Gasteiger partial charge is 0.228 e. The van der Waals surface area contributed by atoms with E-state index in [0.717, 1.165) is 18.4 Å². The first-order chi connectivity index (χ1) is 16.4. The molecule has 0 aliphatic heterocycles. The highest BCUT2D eigenvalue weighted by atomic mass is 19.2. The predicted molar refractivity (Wildman–Crippen MR) is 123 cm³/mol. The van der Waals surface area contributed by atoms with Gasteiger partial charge in [-0.15, -0.1) is 0 Å². The molecule has 1 aliphatic rings. The third kappa shape index (κ3) is 5.11. The summed E-state index contributed by atoms with van der Waals surface area (Å²) >= 11 is 0. The van der Waals surface area contributed by atoms with Gasteiger partial charge in [-0.25, -0.2) is 22.0 Å². The molecule has 0 unspecified atom stereocenters. The van der Waals surface area contributed by atoms with Gasteiger partial charge in [0.1, 0.15) is 11.6 Å². The predicted octanol–water partition coefficient (Wildman–Crippen LogP) is 8.61. The summed E-state index contributed by atoms with van der Waals surface area (Å²) in [6.07, 6.45) is 4.32. The molecule has 34 heavy (non-hydrogen) atoms. The van der Waals surface area contributed by atoms with Gasteiger partial charge in [0.25, 0.3) is 0 Å². The van der Waals surface area contributed by atoms with Crippen LogP contribution < -0.4 is 4.74 Å². The molecule has 0 atom stereocenters. The number of hydrogen-bond donors (Lipinski definition) is 0. The van der Waals surface area contributed by atoms with Crippen molar-refractivity contribution >= 4 is 0 Å². The first-order valence-corrected chi connectivity index (χ1v) is 11.7. The zero-order valence-corrected chi connectivity index (χ0v) is 19.0. The average Bonchev–Trinajstić information content (AvgIpc) is 2.82. The number of benzene rings is 3. The van der Waals surface area contributed by atoms with Crippen molar-refractivity contribution in [2.45, 2.75) is 57.3 Å². The van der Waals surface area contributed by atoms with E-state index in [1.54, 1.807) is 18.2 Å². The molecule has 1 fully saturated rings. The van der Waals surface area contributed by atoms with Crippen LogP contribution in [0.15, 0.2) is 48.5 Å². The Hall–Kier alpha value is -2.89. The minimum absolute atomic E-state index is 0.0223. The summed E-state index contributed by atoms with van der Waals surface area (Å²) < 4.78 is 74.5. The fourth-order valence-corrected chi connectivity index (χ4v) is 5.01. The Morgan fingerprint density at radius 2 is 1.44 bits per heavy atom. The molecule has 3 aromatic rings. The average molecular weight is 475 g/mol. The molecule has 3 aromatic carbocycles. The van der Waals surface area contributed by atoms with Gasteiger partial charge in [-0.2, -0.15) is 0 Å². The van der Waals surface area contributed by atoms with E-state index in [1.165, 1.54) is 24.3 Å². The molecule has 4 rings (SSSR count). The summed E-state index contributed by atoms with van der Waals surface area (Å²) in [4.78, 5) is 0. The van der Waals surface area contributed by atoms with E-state index in [9.17, 15) is 17.6 Å². The van der Waals surface area contributed by atoms with Crippen molar-refractivity contribution in [1.29, 1.82) is 0 Å². The summed E-state index contributed by atoms with van der Waals surface area (Å²) in [5, 5.41) is 0. The van der Waals surface area contributed by atoms with Gasteiger partial charge in [-0.05, 0) is 90.5 Å². The van der Waals surface area contributed by atoms with Crippen LogP contribution in [-0.2, 0) is 6.42 Å². The minimum Gasteiger partial charge on any atom is -0.457 e. The van der Waals surface area contributed by atoms with Gasteiger partial charge in [0.05, 0.1) is 0 Å². The molecule has 0 spiro atoms. The molecule has 1 saturated carbocycles. The lowest BCUT2D eigenvalue weighted by Gasteiger charge is -2.29. The molecular formula is C28H27F5O. The van der Waals surface area contributed by atoms with E-state index >= 15 is 4.39 Å². The van der Waals surface area contributed by atoms with Crippen molar-refractivity contribution < 1.29 is 26.7 Å². The molecule has 0 bridgehead atoms. The van der Waals surface area contributed by atoms with Gasteiger partial charge in [0.2, 0.25) is 6.86 Å². The Kier molecular flexibility index (Phi) is 7.54. The van der Waals surface area contributed by atoms with Crippen LogP contribution in [0.5, 0.6) is 5.75 Å².